The fourth-order valence-corrected chi connectivity index (χ4v) is 1.43. The molecule has 0 radical (unpaired) electrons. The molecule has 1 aromatic carbocycles. The second kappa shape index (κ2) is 8.92. The molecule has 0 aliphatic carbocycles. The van der Waals surface area contributed by atoms with Crippen LogP contribution in [0.25, 0.3) is 0 Å². The van der Waals surface area contributed by atoms with Crippen molar-refractivity contribution in [2.45, 2.75) is 25.2 Å². The number of aliphatic hydroxyl groups is 2. The van der Waals surface area contributed by atoms with Gasteiger partial charge in [0, 0.05) is 13.1 Å². The van der Waals surface area contributed by atoms with Gasteiger partial charge in [-0.15, -0.1) is 0 Å². The number of hydrogen-bond donors (Lipinski definition) is 3. The average Bonchev–Trinajstić information content (AvgIpc) is 2.39. The number of alkyl halides is 2. The normalized spacial score (nSPS) is 14.6. The van der Waals surface area contributed by atoms with Gasteiger partial charge >= 0.3 is 0 Å². The van der Waals surface area contributed by atoms with Crippen molar-refractivity contribution in [1.29, 1.82) is 0 Å². The van der Waals surface area contributed by atoms with Crippen molar-refractivity contribution in [1.82, 2.24) is 5.32 Å². The van der Waals surface area contributed by atoms with Crippen LogP contribution < -0.4 is 5.32 Å². The van der Waals surface area contributed by atoms with E-state index in [1.54, 1.807) is 0 Å². The summed E-state index contributed by atoms with van der Waals surface area (Å²) in [6.45, 7) is 0.330. The molecule has 6 heteroatoms. The molecule has 108 valence electrons. The summed E-state index contributed by atoms with van der Waals surface area (Å²) >= 11 is 0. The van der Waals surface area contributed by atoms with Crippen LogP contribution in [0.2, 0.25) is 0 Å². The summed E-state index contributed by atoms with van der Waals surface area (Å²) in [4.78, 5) is 0. The first-order valence-corrected chi connectivity index (χ1v) is 6.06. The molecule has 0 spiro atoms. The van der Waals surface area contributed by atoms with E-state index >= 15 is 0 Å². The zero-order valence-electron chi connectivity index (χ0n) is 10.5. The Balaban J connectivity index is 2.06. The molecular weight excluding hydrogens is 256 g/mol. The zero-order chi connectivity index (χ0) is 14.1. The van der Waals surface area contributed by atoms with E-state index in [1.807, 2.05) is 30.3 Å². The third-order valence-electron chi connectivity index (χ3n) is 2.45. The molecule has 0 amide bonds. The van der Waals surface area contributed by atoms with E-state index in [2.05, 4.69) is 5.32 Å². The van der Waals surface area contributed by atoms with Crippen LogP contribution in [0.4, 0.5) is 8.78 Å². The Kier molecular flexibility index (Phi) is 7.50. The van der Waals surface area contributed by atoms with E-state index in [1.165, 1.54) is 0 Å². The van der Waals surface area contributed by atoms with Crippen LogP contribution in [0.5, 0.6) is 0 Å². The molecule has 0 heterocycles. The number of aliphatic hydroxyl groups excluding tert-OH is 2. The molecule has 19 heavy (non-hydrogen) atoms. The minimum Gasteiger partial charge on any atom is -0.389 e. The van der Waals surface area contributed by atoms with Crippen LogP contribution in [-0.2, 0) is 11.3 Å². The Bertz CT molecular complexity index is 338. The third-order valence-corrected chi connectivity index (χ3v) is 2.45. The Morgan fingerprint density at radius 1 is 1.11 bits per heavy atom. The van der Waals surface area contributed by atoms with Crippen LogP contribution in [0.3, 0.4) is 0 Å². The molecule has 3 N–H and O–H groups in total. The average molecular weight is 275 g/mol. The van der Waals surface area contributed by atoms with Gasteiger partial charge in [0.2, 0.25) is 0 Å². The molecule has 0 bridgehead atoms. The smallest absolute Gasteiger partial charge is 0.265 e. The van der Waals surface area contributed by atoms with Crippen molar-refractivity contribution in [2.24, 2.45) is 0 Å². The second-order valence-corrected chi connectivity index (χ2v) is 4.21. The van der Waals surface area contributed by atoms with Gasteiger partial charge in [-0.3, -0.25) is 0 Å². The van der Waals surface area contributed by atoms with Gasteiger partial charge in [-0.2, -0.15) is 0 Å². The summed E-state index contributed by atoms with van der Waals surface area (Å²) in [6.07, 6.45) is -5.29. The predicted octanol–water partition coefficient (Wildman–Crippen LogP) is 0.780. The van der Waals surface area contributed by atoms with E-state index in [-0.39, 0.29) is 19.7 Å². The lowest BCUT2D eigenvalue weighted by atomic mass is 10.2. The summed E-state index contributed by atoms with van der Waals surface area (Å²) in [5.74, 6) is 0. The van der Waals surface area contributed by atoms with Crippen molar-refractivity contribution < 1.29 is 23.7 Å². The van der Waals surface area contributed by atoms with Crippen LogP contribution >= 0.6 is 0 Å². The summed E-state index contributed by atoms with van der Waals surface area (Å²) in [6, 6.07) is 9.49. The molecule has 0 aliphatic heterocycles. The molecule has 1 aromatic rings. The van der Waals surface area contributed by atoms with Crippen LogP contribution in [0.1, 0.15) is 5.56 Å². The molecule has 0 saturated carbocycles. The highest BCUT2D eigenvalue weighted by Gasteiger charge is 2.16. The van der Waals surface area contributed by atoms with E-state index < -0.39 is 18.6 Å². The Labute approximate surface area is 111 Å². The molecule has 1 rings (SSSR count). The molecule has 0 fully saturated rings. The number of hydrogen-bond acceptors (Lipinski definition) is 4. The molecule has 0 saturated heterocycles. The van der Waals surface area contributed by atoms with Crippen LogP contribution in [-0.4, -0.2) is 48.5 Å². The monoisotopic (exact) mass is 275 g/mol. The highest BCUT2D eigenvalue weighted by Crippen LogP contribution is 2.01. The summed E-state index contributed by atoms with van der Waals surface area (Å²) < 4.78 is 29.2. The molecule has 0 aliphatic rings. The molecule has 2 unspecified atom stereocenters. The molecule has 2 atom stereocenters. The number of nitrogens with one attached hydrogen (secondary N) is 1. The van der Waals surface area contributed by atoms with Crippen molar-refractivity contribution in [2.75, 3.05) is 19.7 Å². The van der Waals surface area contributed by atoms with E-state index in [0.717, 1.165) is 5.56 Å². The fraction of sp³-hybridized carbons (Fsp3) is 0.538. The zero-order valence-corrected chi connectivity index (χ0v) is 10.5. The second-order valence-electron chi connectivity index (χ2n) is 4.21. The Morgan fingerprint density at radius 3 is 2.42 bits per heavy atom. The van der Waals surface area contributed by atoms with Crippen LogP contribution in [0.15, 0.2) is 30.3 Å². The van der Waals surface area contributed by atoms with Crippen molar-refractivity contribution in [3.63, 3.8) is 0 Å². The van der Waals surface area contributed by atoms with Crippen molar-refractivity contribution in [3.05, 3.63) is 35.9 Å². The predicted molar refractivity (Wildman–Crippen MR) is 67.0 cm³/mol. The molecule has 0 aromatic heterocycles. The maximum Gasteiger partial charge on any atom is 0.265 e. The van der Waals surface area contributed by atoms with Gasteiger partial charge in [0.25, 0.3) is 6.43 Å². The van der Waals surface area contributed by atoms with Gasteiger partial charge in [-0.1, -0.05) is 30.3 Å². The maximum absolute atomic E-state index is 12.0. The van der Waals surface area contributed by atoms with E-state index in [9.17, 15) is 13.9 Å². The summed E-state index contributed by atoms with van der Waals surface area (Å²) in [5, 5.41) is 20.9. The van der Waals surface area contributed by atoms with Gasteiger partial charge in [-0.05, 0) is 5.56 Å². The van der Waals surface area contributed by atoms with Crippen molar-refractivity contribution >= 4 is 0 Å². The largest absolute Gasteiger partial charge is 0.389 e. The minimum absolute atomic E-state index is 0.0958. The standard InChI is InChI=1S/C13H19F2NO3/c14-13(15)12(18)7-16-6-11(17)9-19-8-10-4-2-1-3-5-10/h1-5,11-13,16-18H,6-9H2. The van der Waals surface area contributed by atoms with Gasteiger partial charge in [0.1, 0.15) is 6.10 Å². The lowest BCUT2D eigenvalue weighted by Crippen LogP contribution is -2.37. The number of benzene rings is 1. The van der Waals surface area contributed by atoms with Crippen LogP contribution in [0, 0.1) is 0 Å². The van der Waals surface area contributed by atoms with Gasteiger partial charge < -0.3 is 20.3 Å². The lowest BCUT2D eigenvalue weighted by Gasteiger charge is -2.14. The quantitative estimate of drug-likeness (QED) is 0.623. The minimum atomic E-state index is -2.78. The topological polar surface area (TPSA) is 61.7 Å². The summed E-state index contributed by atoms with van der Waals surface area (Å²) in [7, 11) is 0. The van der Waals surface area contributed by atoms with E-state index in [0.29, 0.717) is 6.61 Å². The van der Waals surface area contributed by atoms with Gasteiger partial charge in [0.15, 0.2) is 0 Å². The van der Waals surface area contributed by atoms with Gasteiger partial charge in [0.05, 0.1) is 19.3 Å². The first-order valence-electron chi connectivity index (χ1n) is 6.06. The first-order chi connectivity index (χ1) is 9.09. The number of halogens is 2. The number of ether oxygens (including phenoxy) is 1. The highest BCUT2D eigenvalue weighted by molar-refractivity contribution is 5.13. The Hall–Kier alpha value is -1.08. The number of rotatable bonds is 9. The summed E-state index contributed by atoms with van der Waals surface area (Å²) in [5.41, 5.74) is 0.996. The fourth-order valence-electron chi connectivity index (χ4n) is 1.43. The van der Waals surface area contributed by atoms with Gasteiger partial charge in [-0.25, -0.2) is 8.78 Å². The first kappa shape index (κ1) is 16.0. The Morgan fingerprint density at radius 2 is 1.79 bits per heavy atom. The highest BCUT2D eigenvalue weighted by atomic mass is 19.3. The maximum atomic E-state index is 12.0. The SMILES string of the molecule is OC(CNCC(O)C(F)F)COCc1ccccc1. The molecule has 4 nitrogen and oxygen atoms in total. The lowest BCUT2D eigenvalue weighted by molar-refractivity contribution is -0.00813. The third kappa shape index (κ3) is 7.17. The molecular formula is C13H19F2NO3. The van der Waals surface area contributed by atoms with E-state index in [4.69, 9.17) is 9.84 Å². The van der Waals surface area contributed by atoms with Crippen molar-refractivity contribution in [3.8, 4) is 0 Å².